The molecular formula is C12H13N3O3. The first kappa shape index (κ1) is 12.1. The van der Waals surface area contributed by atoms with Crippen molar-refractivity contribution >= 4 is 11.5 Å². The van der Waals surface area contributed by atoms with Gasteiger partial charge in [-0.15, -0.1) is 0 Å². The van der Waals surface area contributed by atoms with Crippen molar-refractivity contribution in [2.75, 3.05) is 0 Å². The highest BCUT2D eigenvalue weighted by atomic mass is 16.4. The Bertz CT molecular complexity index is 667. The maximum absolute atomic E-state index is 12.0. The highest BCUT2D eigenvalue weighted by Gasteiger charge is 2.05. The van der Waals surface area contributed by atoms with Crippen molar-refractivity contribution in [3.05, 3.63) is 46.7 Å². The number of aromatic nitrogens is 3. The van der Waals surface area contributed by atoms with Crippen LogP contribution >= 0.6 is 0 Å². The summed E-state index contributed by atoms with van der Waals surface area (Å²) in [5.74, 6) is -0.948. The summed E-state index contributed by atoms with van der Waals surface area (Å²) < 4.78 is 2.94. The molecule has 6 nitrogen and oxygen atoms in total. The van der Waals surface area contributed by atoms with Crippen LogP contribution in [0.2, 0.25) is 0 Å². The summed E-state index contributed by atoms with van der Waals surface area (Å²) in [6, 6.07) is 1.63. The second-order valence-electron chi connectivity index (χ2n) is 3.80. The van der Waals surface area contributed by atoms with E-state index in [1.165, 1.54) is 9.08 Å². The maximum Gasteiger partial charge on any atom is 0.331 e. The minimum Gasteiger partial charge on any atom is -0.478 e. The van der Waals surface area contributed by atoms with E-state index >= 15 is 0 Å². The van der Waals surface area contributed by atoms with Gasteiger partial charge in [0.05, 0.1) is 6.20 Å². The van der Waals surface area contributed by atoms with Crippen LogP contribution in [0.4, 0.5) is 0 Å². The van der Waals surface area contributed by atoms with Gasteiger partial charge in [0.15, 0.2) is 0 Å². The molecule has 0 aliphatic carbocycles. The van der Waals surface area contributed by atoms with E-state index in [1.54, 1.807) is 37.7 Å². The van der Waals surface area contributed by atoms with Crippen molar-refractivity contribution in [3.8, 4) is 0 Å². The lowest BCUT2D eigenvalue weighted by molar-refractivity contribution is -0.132. The second kappa shape index (κ2) is 4.87. The third-order valence-electron chi connectivity index (χ3n) is 2.73. The minimum absolute atomic E-state index is 0.188. The molecule has 0 bridgehead atoms. The third-order valence-corrected chi connectivity index (χ3v) is 2.73. The molecule has 0 saturated heterocycles. The van der Waals surface area contributed by atoms with Gasteiger partial charge in [0.1, 0.15) is 5.52 Å². The van der Waals surface area contributed by atoms with Gasteiger partial charge >= 0.3 is 5.97 Å². The van der Waals surface area contributed by atoms with E-state index in [-0.39, 0.29) is 12.1 Å². The Morgan fingerprint density at radius 2 is 2.28 bits per heavy atom. The number of fused-ring (bicyclic) bond motifs is 1. The van der Waals surface area contributed by atoms with Crippen LogP contribution in [0.3, 0.4) is 0 Å². The van der Waals surface area contributed by atoms with Crippen LogP contribution in [0.5, 0.6) is 0 Å². The molecule has 94 valence electrons. The van der Waals surface area contributed by atoms with Crippen molar-refractivity contribution in [2.45, 2.75) is 19.9 Å². The summed E-state index contributed by atoms with van der Waals surface area (Å²) in [5, 5.41) is 12.8. The zero-order chi connectivity index (χ0) is 13.1. The molecule has 0 aliphatic rings. The van der Waals surface area contributed by atoms with Gasteiger partial charge < -0.3 is 9.67 Å². The van der Waals surface area contributed by atoms with E-state index in [0.29, 0.717) is 17.5 Å². The van der Waals surface area contributed by atoms with Crippen LogP contribution < -0.4 is 5.56 Å². The smallest absolute Gasteiger partial charge is 0.331 e. The minimum atomic E-state index is -0.948. The molecule has 0 radical (unpaired) electrons. The van der Waals surface area contributed by atoms with Gasteiger partial charge in [0, 0.05) is 24.5 Å². The second-order valence-corrected chi connectivity index (χ2v) is 3.80. The van der Waals surface area contributed by atoms with Crippen LogP contribution in [-0.4, -0.2) is 25.3 Å². The van der Waals surface area contributed by atoms with Crippen molar-refractivity contribution < 1.29 is 9.90 Å². The predicted molar refractivity (Wildman–Crippen MR) is 65.5 cm³/mol. The Balaban J connectivity index is 2.35. The summed E-state index contributed by atoms with van der Waals surface area (Å²) >= 11 is 0. The number of nitrogens with zero attached hydrogens (tertiary/aromatic N) is 3. The molecule has 0 amide bonds. The third kappa shape index (κ3) is 2.17. The van der Waals surface area contributed by atoms with Crippen LogP contribution in [0, 0.1) is 0 Å². The van der Waals surface area contributed by atoms with Gasteiger partial charge in [0.2, 0.25) is 0 Å². The van der Waals surface area contributed by atoms with Crippen molar-refractivity contribution in [1.82, 2.24) is 14.2 Å². The zero-order valence-electron chi connectivity index (χ0n) is 9.91. The normalized spacial score (nSPS) is 11.9. The van der Waals surface area contributed by atoms with Crippen molar-refractivity contribution in [2.24, 2.45) is 0 Å². The lowest BCUT2D eigenvalue weighted by Crippen LogP contribution is -2.21. The molecule has 18 heavy (non-hydrogen) atoms. The molecule has 0 aromatic carbocycles. The molecule has 2 rings (SSSR count). The highest BCUT2D eigenvalue weighted by Crippen LogP contribution is 2.01. The van der Waals surface area contributed by atoms with Gasteiger partial charge in [-0.25, -0.2) is 9.31 Å². The van der Waals surface area contributed by atoms with Gasteiger partial charge in [-0.05, 0) is 12.5 Å². The number of carboxylic acids is 1. The molecule has 1 N–H and O–H groups in total. The molecule has 2 aromatic heterocycles. The molecule has 0 aliphatic heterocycles. The number of carbonyl (C=O) groups is 1. The quantitative estimate of drug-likeness (QED) is 0.815. The van der Waals surface area contributed by atoms with E-state index in [4.69, 9.17) is 5.11 Å². The molecule has 0 atom stereocenters. The Morgan fingerprint density at radius 1 is 1.50 bits per heavy atom. The van der Waals surface area contributed by atoms with E-state index in [2.05, 4.69) is 5.10 Å². The summed E-state index contributed by atoms with van der Waals surface area (Å²) in [5.41, 5.74) is 0.585. The van der Waals surface area contributed by atoms with E-state index in [9.17, 15) is 9.59 Å². The first-order chi connectivity index (χ1) is 8.63. The SMILES string of the molecule is CC/C(=C/Cn1ccn2nccc2c1=O)C(=O)O. The first-order valence-electron chi connectivity index (χ1n) is 5.58. The predicted octanol–water partition coefficient (Wildman–Crippen LogP) is 0.917. The topological polar surface area (TPSA) is 76.6 Å². The van der Waals surface area contributed by atoms with E-state index < -0.39 is 5.97 Å². The first-order valence-corrected chi connectivity index (χ1v) is 5.58. The lowest BCUT2D eigenvalue weighted by Gasteiger charge is -2.03. The molecule has 2 heterocycles. The van der Waals surface area contributed by atoms with Crippen molar-refractivity contribution in [1.29, 1.82) is 0 Å². The highest BCUT2D eigenvalue weighted by molar-refractivity contribution is 5.86. The number of aliphatic carboxylic acids is 1. The molecular weight excluding hydrogens is 234 g/mol. The average Bonchev–Trinajstić information content (AvgIpc) is 2.81. The van der Waals surface area contributed by atoms with Gasteiger partial charge in [0.25, 0.3) is 5.56 Å². The van der Waals surface area contributed by atoms with Crippen molar-refractivity contribution in [3.63, 3.8) is 0 Å². The molecule has 6 heteroatoms. The number of hydrogen-bond donors (Lipinski definition) is 1. The van der Waals surface area contributed by atoms with Crippen LogP contribution in [0.15, 0.2) is 41.1 Å². The fourth-order valence-electron chi connectivity index (χ4n) is 1.70. The van der Waals surface area contributed by atoms with Crippen LogP contribution in [0.1, 0.15) is 13.3 Å². The number of allylic oxidation sites excluding steroid dienone is 1. The molecule has 0 spiro atoms. The summed E-state index contributed by atoms with van der Waals surface area (Å²) in [4.78, 5) is 22.8. The van der Waals surface area contributed by atoms with Gasteiger partial charge in [-0.3, -0.25) is 4.79 Å². The van der Waals surface area contributed by atoms with Crippen LogP contribution in [-0.2, 0) is 11.3 Å². The number of carboxylic acid groups (broad SMARTS) is 1. The molecule has 0 unspecified atom stereocenters. The number of hydrogen-bond acceptors (Lipinski definition) is 3. The fourth-order valence-corrected chi connectivity index (χ4v) is 1.70. The fraction of sp³-hybridized carbons (Fsp3) is 0.250. The lowest BCUT2D eigenvalue weighted by atomic mass is 10.2. The molecule has 2 aromatic rings. The summed E-state index contributed by atoms with van der Waals surface area (Å²) in [6.07, 6.45) is 6.78. The largest absolute Gasteiger partial charge is 0.478 e. The zero-order valence-corrected chi connectivity index (χ0v) is 9.91. The monoisotopic (exact) mass is 247 g/mol. The Labute approximate surface area is 103 Å². The average molecular weight is 247 g/mol. The molecule has 0 saturated carbocycles. The Morgan fingerprint density at radius 3 is 2.94 bits per heavy atom. The van der Waals surface area contributed by atoms with E-state index in [0.717, 1.165) is 0 Å². The number of rotatable bonds is 4. The summed E-state index contributed by atoms with van der Waals surface area (Å²) in [7, 11) is 0. The van der Waals surface area contributed by atoms with E-state index in [1.807, 2.05) is 0 Å². The van der Waals surface area contributed by atoms with Gasteiger partial charge in [-0.1, -0.05) is 13.0 Å². The Hall–Kier alpha value is -2.37. The Kier molecular flexibility index (Phi) is 3.27. The van der Waals surface area contributed by atoms with Gasteiger partial charge in [-0.2, -0.15) is 5.10 Å². The standard InChI is InChI=1S/C12H13N3O3/c1-2-9(12(17)18)4-6-14-7-8-15-10(11(14)16)3-5-13-15/h3-5,7-8H,2,6H2,1H3,(H,17,18)/b9-4-. The van der Waals surface area contributed by atoms with Crippen LogP contribution in [0.25, 0.3) is 5.52 Å². The summed E-state index contributed by atoms with van der Waals surface area (Å²) in [6.45, 7) is 2.01. The maximum atomic E-state index is 12.0. The molecule has 0 fully saturated rings.